The second-order valence-corrected chi connectivity index (χ2v) is 10.9. The molecule has 1 aliphatic rings. The lowest BCUT2D eigenvalue weighted by Gasteiger charge is -2.24. The number of para-hydroxylation sites is 1. The average molecular weight is 391 g/mol. The number of hydrogen-bond acceptors (Lipinski definition) is 5. The third-order valence-electron chi connectivity index (χ3n) is 5.09. The molecule has 1 fully saturated rings. The van der Waals surface area contributed by atoms with Crippen LogP contribution in [0, 0.1) is 0 Å². The van der Waals surface area contributed by atoms with Crippen molar-refractivity contribution in [1.82, 2.24) is 14.5 Å². The summed E-state index contributed by atoms with van der Waals surface area (Å²) in [5.74, 6) is -0.137. The van der Waals surface area contributed by atoms with Gasteiger partial charge < -0.3 is 4.90 Å². The second-order valence-electron chi connectivity index (χ2n) is 7.92. The largest absolute Gasteiger partial charge is 0.341 e. The molecule has 1 amide bonds. The molecule has 7 nitrogen and oxygen atoms in total. The van der Waals surface area contributed by atoms with E-state index in [1.54, 1.807) is 43.9 Å². The number of sulfone groups is 1. The summed E-state index contributed by atoms with van der Waals surface area (Å²) in [6.45, 7) is 5.94. The van der Waals surface area contributed by atoms with Crippen LogP contribution >= 0.6 is 0 Å². The molecule has 0 aliphatic carbocycles. The monoisotopic (exact) mass is 391 g/mol. The lowest BCUT2D eigenvalue weighted by molar-refractivity contribution is -0.130. The number of rotatable bonds is 4. The highest BCUT2D eigenvalue weighted by Crippen LogP contribution is 2.27. The highest BCUT2D eigenvalue weighted by molar-refractivity contribution is 7.93. The Morgan fingerprint density at radius 3 is 2.67 bits per heavy atom. The number of benzene rings is 1. The first kappa shape index (κ1) is 19.5. The SMILES string of the molecule is CC(C)(C)S(=O)(=O)[C@H]1CCN(C(=O)CCn2cnc3ccccc3c2=O)C1. The molecular weight excluding hydrogens is 366 g/mol. The number of aryl methyl sites for hydroxylation is 1. The fourth-order valence-corrected chi connectivity index (χ4v) is 5.14. The molecule has 146 valence electrons. The van der Waals surface area contributed by atoms with Gasteiger partial charge in [-0.1, -0.05) is 12.1 Å². The van der Waals surface area contributed by atoms with E-state index in [1.165, 1.54) is 10.9 Å². The van der Waals surface area contributed by atoms with Crippen molar-refractivity contribution < 1.29 is 13.2 Å². The van der Waals surface area contributed by atoms with E-state index in [9.17, 15) is 18.0 Å². The van der Waals surface area contributed by atoms with E-state index in [0.717, 1.165) is 0 Å². The van der Waals surface area contributed by atoms with Gasteiger partial charge in [-0.3, -0.25) is 14.2 Å². The van der Waals surface area contributed by atoms with Crippen molar-refractivity contribution in [3.8, 4) is 0 Å². The maximum atomic E-state index is 12.6. The molecule has 0 spiro atoms. The molecule has 1 atom stereocenters. The first-order valence-corrected chi connectivity index (χ1v) is 10.6. The summed E-state index contributed by atoms with van der Waals surface area (Å²) < 4.78 is 25.8. The molecule has 3 rings (SSSR count). The van der Waals surface area contributed by atoms with Gasteiger partial charge in [0.1, 0.15) is 0 Å². The maximum absolute atomic E-state index is 12.6. The first-order chi connectivity index (χ1) is 12.6. The Bertz CT molecular complexity index is 1020. The molecule has 1 aromatic carbocycles. The van der Waals surface area contributed by atoms with Crippen molar-refractivity contribution in [1.29, 1.82) is 0 Å². The summed E-state index contributed by atoms with van der Waals surface area (Å²) in [6.07, 6.45) is 2.06. The molecule has 2 heterocycles. The van der Waals surface area contributed by atoms with Crippen LogP contribution in [0.1, 0.15) is 33.6 Å². The van der Waals surface area contributed by atoms with Gasteiger partial charge >= 0.3 is 0 Å². The predicted octanol–water partition coefficient (Wildman–Crippen LogP) is 1.60. The molecule has 0 bridgehead atoms. The van der Waals surface area contributed by atoms with Gasteiger partial charge in [-0.15, -0.1) is 0 Å². The lowest BCUT2D eigenvalue weighted by Crippen LogP contribution is -2.40. The summed E-state index contributed by atoms with van der Waals surface area (Å²) in [4.78, 5) is 30.8. The molecule has 0 saturated carbocycles. The van der Waals surface area contributed by atoms with Crippen molar-refractivity contribution in [2.45, 2.75) is 50.2 Å². The van der Waals surface area contributed by atoms with Crippen molar-refractivity contribution >= 4 is 26.6 Å². The Hall–Kier alpha value is -2.22. The summed E-state index contributed by atoms with van der Waals surface area (Å²) in [7, 11) is -3.30. The molecule has 27 heavy (non-hydrogen) atoms. The van der Waals surface area contributed by atoms with E-state index < -0.39 is 19.8 Å². The highest BCUT2D eigenvalue weighted by atomic mass is 32.2. The zero-order valence-electron chi connectivity index (χ0n) is 15.9. The molecule has 0 unspecified atom stereocenters. The van der Waals surface area contributed by atoms with Crippen molar-refractivity contribution in [2.24, 2.45) is 0 Å². The van der Waals surface area contributed by atoms with Gasteiger partial charge in [0.15, 0.2) is 9.84 Å². The minimum absolute atomic E-state index is 0.137. The fourth-order valence-electron chi connectivity index (χ4n) is 3.35. The standard InChI is InChI=1S/C19H25N3O4S/c1-19(2,3)27(25,26)14-8-10-21(12-14)17(23)9-11-22-13-20-16-7-5-4-6-15(16)18(22)24/h4-7,13-14H,8-12H2,1-3H3/t14-/m0/s1. The molecule has 1 aromatic heterocycles. The average Bonchev–Trinajstić information content (AvgIpc) is 3.11. The van der Waals surface area contributed by atoms with Gasteiger partial charge in [-0.25, -0.2) is 13.4 Å². The van der Waals surface area contributed by atoms with E-state index in [4.69, 9.17) is 0 Å². The molecule has 2 aromatic rings. The van der Waals surface area contributed by atoms with Gasteiger partial charge in [0.05, 0.1) is 27.2 Å². The fraction of sp³-hybridized carbons (Fsp3) is 0.526. The predicted molar refractivity (Wildman–Crippen MR) is 104 cm³/mol. The number of carbonyl (C=O) groups is 1. The van der Waals surface area contributed by atoms with E-state index in [-0.39, 0.29) is 31.0 Å². The third-order valence-corrected chi connectivity index (χ3v) is 8.06. The summed E-state index contributed by atoms with van der Waals surface area (Å²) in [5, 5.41) is -0.00327. The quantitative estimate of drug-likeness (QED) is 0.790. The molecule has 0 N–H and O–H groups in total. The lowest BCUT2D eigenvalue weighted by atomic mass is 10.2. The number of carbonyl (C=O) groups excluding carboxylic acids is 1. The first-order valence-electron chi connectivity index (χ1n) is 9.06. The van der Waals surface area contributed by atoms with Crippen LogP contribution in [0.5, 0.6) is 0 Å². The molecule has 8 heteroatoms. The van der Waals surface area contributed by atoms with Gasteiger partial charge in [0, 0.05) is 26.1 Å². The van der Waals surface area contributed by atoms with Gasteiger partial charge in [-0.2, -0.15) is 0 Å². The van der Waals surface area contributed by atoms with E-state index in [2.05, 4.69) is 4.98 Å². The molecular formula is C19H25N3O4S. The highest BCUT2D eigenvalue weighted by Gasteiger charge is 2.41. The van der Waals surface area contributed by atoms with Crippen LogP contribution in [0.2, 0.25) is 0 Å². The van der Waals surface area contributed by atoms with Crippen LogP contribution < -0.4 is 5.56 Å². The maximum Gasteiger partial charge on any atom is 0.261 e. The summed E-state index contributed by atoms with van der Waals surface area (Å²) in [6, 6.07) is 7.08. The minimum Gasteiger partial charge on any atom is -0.341 e. The molecule has 1 saturated heterocycles. The van der Waals surface area contributed by atoms with Crippen molar-refractivity contribution in [3.05, 3.63) is 40.9 Å². The zero-order valence-corrected chi connectivity index (χ0v) is 16.7. The van der Waals surface area contributed by atoms with E-state index >= 15 is 0 Å². The van der Waals surface area contributed by atoms with Crippen LogP contribution in [0.4, 0.5) is 0 Å². The van der Waals surface area contributed by atoms with Gasteiger partial charge in [-0.05, 0) is 39.3 Å². The van der Waals surface area contributed by atoms with E-state index in [1.807, 2.05) is 6.07 Å². The number of nitrogens with zero attached hydrogens (tertiary/aromatic N) is 3. The van der Waals surface area contributed by atoms with Crippen molar-refractivity contribution in [2.75, 3.05) is 13.1 Å². The van der Waals surface area contributed by atoms with Crippen LogP contribution in [-0.2, 0) is 21.2 Å². The minimum atomic E-state index is -3.30. The Kier molecular flexibility index (Phi) is 5.12. The summed E-state index contributed by atoms with van der Waals surface area (Å²) >= 11 is 0. The third kappa shape index (κ3) is 3.76. The molecule has 0 radical (unpaired) electrons. The zero-order chi connectivity index (χ0) is 19.8. The topological polar surface area (TPSA) is 89.3 Å². The van der Waals surface area contributed by atoms with Crippen LogP contribution in [0.3, 0.4) is 0 Å². The number of hydrogen-bond donors (Lipinski definition) is 0. The van der Waals surface area contributed by atoms with Crippen LogP contribution in [0.25, 0.3) is 10.9 Å². The Labute approximate surface area is 158 Å². The normalized spacial score (nSPS) is 18.2. The molecule has 1 aliphatic heterocycles. The number of aromatic nitrogens is 2. The van der Waals surface area contributed by atoms with Gasteiger partial charge in [0.2, 0.25) is 5.91 Å². The van der Waals surface area contributed by atoms with Crippen LogP contribution in [0.15, 0.2) is 35.4 Å². The van der Waals surface area contributed by atoms with E-state index in [0.29, 0.717) is 23.9 Å². The summed E-state index contributed by atoms with van der Waals surface area (Å²) in [5.41, 5.74) is 0.447. The number of likely N-dealkylation sites (tertiary alicyclic amines) is 1. The second kappa shape index (κ2) is 7.07. The Balaban J connectivity index is 1.66. The number of fused-ring (bicyclic) bond motifs is 1. The number of amides is 1. The smallest absolute Gasteiger partial charge is 0.261 e. The Morgan fingerprint density at radius 1 is 1.26 bits per heavy atom. The van der Waals surface area contributed by atoms with Crippen molar-refractivity contribution in [3.63, 3.8) is 0 Å². The Morgan fingerprint density at radius 2 is 1.96 bits per heavy atom. The van der Waals surface area contributed by atoms with Gasteiger partial charge in [0.25, 0.3) is 5.56 Å². The van der Waals surface area contributed by atoms with Crippen LogP contribution in [-0.4, -0.2) is 51.9 Å².